The monoisotopic (exact) mass is 607 g/mol. The number of rotatable bonds is 10. The molecule has 0 bridgehead atoms. The Morgan fingerprint density at radius 2 is 1.50 bits per heavy atom. The Morgan fingerprint density at radius 1 is 0.864 bits per heavy atom. The van der Waals surface area contributed by atoms with Crippen molar-refractivity contribution >= 4 is 52.3 Å². The second kappa shape index (κ2) is 14.8. The van der Waals surface area contributed by atoms with Crippen LogP contribution in [0.15, 0.2) is 64.8 Å². The number of ether oxygens (including phenoxy) is 2. The molecule has 0 spiro atoms. The third-order valence-electron chi connectivity index (χ3n) is 6.11. The van der Waals surface area contributed by atoms with Crippen LogP contribution in [0.1, 0.15) is 40.2 Å². The van der Waals surface area contributed by atoms with Gasteiger partial charge in [-0.15, -0.1) is 10.2 Å². The summed E-state index contributed by atoms with van der Waals surface area (Å²) in [5, 5.41) is 19.3. The molecule has 0 saturated heterocycles. The van der Waals surface area contributed by atoms with Crippen LogP contribution in [0.25, 0.3) is 10.8 Å². The zero-order valence-corrected chi connectivity index (χ0v) is 25.4. The topological polar surface area (TPSA) is 192 Å². The number of carbonyl (C=O) groups is 5. The number of hydrogen-bond donors (Lipinski definition) is 5. The Labute approximate surface area is 254 Å². The van der Waals surface area contributed by atoms with Gasteiger partial charge >= 0.3 is 18.1 Å². The normalized spacial score (nSPS) is 13.4. The summed E-state index contributed by atoms with van der Waals surface area (Å²) >= 11 is 0. The fourth-order valence-electron chi connectivity index (χ4n) is 3.99. The van der Waals surface area contributed by atoms with E-state index in [9.17, 15) is 24.0 Å². The quantitative estimate of drug-likeness (QED) is 0.169. The number of alkyl carbamates (subject to hydrolysis) is 1. The first-order valence-electron chi connectivity index (χ1n) is 13.8. The number of aromatic nitrogens is 1. The zero-order chi connectivity index (χ0) is 32.4. The van der Waals surface area contributed by atoms with Gasteiger partial charge in [0.15, 0.2) is 5.82 Å². The van der Waals surface area contributed by atoms with Crippen molar-refractivity contribution in [3.63, 3.8) is 0 Å². The van der Waals surface area contributed by atoms with E-state index in [1.54, 1.807) is 69.3 Å². The highest BCUT2D eigenvalue weighted by molar-refractivity contribution is 6.05. The molecule has 0 unspecified atom stereocenters. The van der Waals surface area contributed by atoms with E-state index in [0.717, 1.165) is 5.56 Å². The number of carbonyl (C=O) groups excluding carboxylic acids is 5. The van der Waals surface area contributed by atoms with Crippen LogP contribution >= 0.6 is 0 Å². The molecule has 234 valence electrons. The average Bonchev–Trinajstić information content (AvgIpc) is 3.31. The van der Waals surface area contributed by atoms with Gasteiger partial charge in [-0.1, -0.05) is 54.6 Å². The lowest BCUT2D eigenvalue weighted by molar-refractivity contribution is -0.142. The molecule has 0 aliphatic rings. The molecule has 0 radical (unpaired) electrons. The molecule has 44 heavy (non-hydrogen) atoms. The van der Waals surface area contributed by atoms with Crippen molar-refractivity contribution in [3.8, 4) is 0 Å². The van der Waals surface area contributed by atoms with E-state index in [-0.39, 0.29) is 18.1 Å². The summed E-state index contributed by atoms with van der Waals surface area (Å²) in [5.41, 5.74) is 0.00731. The summed E-state index contributed by atoms with van der Waals surface area (Å²) < 4.78 is 9.83. The summed E-state index contributed by atoms with van der Waals surface area (Å²) in [5.74, 6) is -1.55. The third-order valence-corrected chi connectivity index (χ3v) is 6.11. The molecule has 14 nitrogen and oxygen atoms in total. The number of hydrogen-bond acceptors (Lipinski definition) is 8. The van der Waals surface area contributed by atoms with Crippen molar-refractivity contribution in [1.29, 1.82) is 0 Å². The molecule has 0 aliphatic heterocycles. The van der Waals surface area contributed by atoms with Gasteiger partial charge in [0, 0.05) is 17.2 Å². The lowest BCUT2D eigenvalue weighted by atomic mass is 10.1. The summed E-state index contributed by atoms with van der Waals surface area (Å²) in [4.78, 5) is 65.5. The number of H-pyrrole nitrogens is 1. The summed E-state index contributed by atoms with van der Waals surface area (Å²) in [6.45, 7) is 8.03. The molecular weight excluding hydrogens is 570 g/mol. The van der Waals surface area contributed by atoms with Gasteiger partial charge in [-0.3, -0.25) is 14.9 Å². The fraction of sp³-hybridized carbons (Fsp3) is 0.367. The summed E-state index contributed by atoms with van der Waals surface area (Å²) in [6, 6.07) is 12.3. The fourth-order valence-corrected chi connectivity index (χ4v) is 3.99. The van der Waals surface area contributed by atoms with E-state index in [1.807, 2.05) is 6.07 Å². The van der Waals surface area contributed by atoms with Crippen LogP contribution in [0.5, 0.6) is 0 Å². The number of aromatic amines is 1. The Balaban J connectivity index is 1.80. The predicted octanol–water partition coefficient (Wildman–Crippen LogP) is 4.10. The van der Waals surface area contributed by atoms with Crippen molar-refractivity contribution in [2.75, 3.05) is 12.4 Å². The van der Waals surface area contributed by atoms with Gasteiger partial charge in [0.2, 0.25) is 5.91 Å². The molecule has 5 amide bonds. The molecule has 0 fully saturated rings. The Hall–Kier alpha value is -5.27. The molecule has 3 aromatic rings. The molecular formula is C30H37N7O7. The van der Waals surface area contributed by atoms with Crippen LogP contribution < -0.4 is 21.3 Å². The number of urea groups is 1. The van der Waals surface area contributed by atoms with Gasteiger partial charge in [0.1, 0.15) is 29.5 Å². The maximum Gasteiger partial charge on any atom is 0.408 e. The zero-order valence-electron chi connectivity index (χ0n) is 25.4. The first-order chi connectivity index (χ1) is 20.8. The lowest BCUT2D eigenvalue weighted by Crippen LogP contribution is -2.51. The van der Waals surface area contributed by atoms with Crippen molar-refractivity contribution in [1.82, 2.24) is 20.9 Å². The number of nitrogens with zero attached hydrogens (tertiary/aromatic N) is 2. The van der Waals surface area contributed by atoms with Gasteiger partial charge in [-0.25, -0.2) is 14.4 Å². The minimum absolute atomic E-state index is 0.112. The molecule has 1 aromatic heterocycles. The second-order valence-corrected chi connectivity index (χ2v) is 10.9. The van der Waals surface area contributed by atoms with Crippen LogP contribution in [0, 0.1) is 0 Å². The maximum atomic E-state index is 13.3. The third kappa shape index (κ3) is 9.64. The first-order valence-corrected chi connectivity index (χ1v) is 13.8. The van der Waals surface area contributed by atoms with Crippen molar-refractivity contribution < 1.29 is 33.4 Å². The molecule has 3 rings (SSSR count). The van der Waals surface area contributed by atoms with Gasteiger partial charge in [0.05, 0.1) is 7.11 Å². The summed E-state index contributed by atoms with van der Waals surface area (Å²) in [7, 11) is 1.22. The highest BCUT2D eigenvalue weighted by Crippen LogP contribution is 2.32. The molecule has 1 heterocycles. The Morgan fingerprint density at radius 3 is 2.14 bits per heavy atom. The molecule has 0 saturated carbocycles. The number of azo groups is 1. The minimum Gasteiger partial charge on any atom is -0.467 e. The predicted molar refractivity (Wildman–Crippen MR) is 162 cm³/mol. The number of benzene rings is 2. The van der Waals surface area contributed by atoms with Crippen LogP contribution in [0.2, 0.25) is 0 Å². The van der Waals surface area contributed by atoms with E-state index >= 15 is 0 Å². The largest absolute Gasteiger partial charge is 0.467 e. The van der Waals surface area contributed by atoms with Crippen LogP contribution in [-0.4, -0.2) is 65.7 Å². The van der Waals surface area contributed by atoms with E-state index < -0.39 is 53.6 Å². The molecule has 14 heteroatoms. The average molecular weight is 608 g/mol. The SMILES string of the molecule is COC(=O)[C@H](C)NC(=O)Nc1[nH]c(N=NC(=O)[C@H](Cc2ccccc2)NC(=O)[C@H](C)NC(=O)OC(C)(C)C)c2ccccc12. The summed E-state index contributed by atoms with van der Waals surface area (Å²) in [6.07, 6.45) is -0.664. The highest BCUT2D eigenvalue weighted by Gasteiger charge is 2.27. The van der Waals surface area contributed by atoms with E-state index in [4.69, 9.17) is 4.74 Å². The number of nitrogens with one attached hydrogen (secondary N) is 5. The van der Waals surface area contributed by atoms with Gasteiger partial charge in [0.25, 0.3) is 5.91 Å². The van der Waals surface area contributed by atoms with Crippen molar-refractivity contribution in [3.05, 3.63) is 60.2 Å². The van der Waals surface area contributed by atoms with Gasteiger partial charge < -0.3 is 30.4 Å². The molecule has 5 N–H and O–H groups in total. The van der Waals surface area contributed by atoms with Crippen LogP contribution in [0.4, 0.5) is 21.2 Å². The van der Waals surface area contributed by atoms with Gasteiger partial charge in [-0.05, 0) is 40.2 Å². The minimum atomic E-state index is -1.11. The number of fused-ring (bicyclic) bond motifs is 1. The van der Waals surface area contributed by atoms with Crippen LogP contribution in [-0.2, 0) is 30.3 Å². The number of anilines is 1. The first kappa shape index (κ1) is 33.2. The van der Waals surface area contributed by atoms with E-state index in [1.165, 1.54) is 21.0 Å². The second-order valence-electron chi connectivity index (χ2n) is 10.9. The Kier molecular flexibility index (Phi) is 11.1. The van der Waals surface area contributed by atoms with Crippen molar-refractivity contribution in [2.24, 2.45) is 10.2 Å². The maximum absolute atomic E-state index is 13.3. The van der Waals surface area contributed by atoms with E-state index in [2.05, 4.69) is 41.2 Å². The smallest absolute Gasteiger partial charge is 0.408 e. The number of methoxy groups -OCH3 is 1. The molecule has 2 aromatic carbocycles. The lowest BCUT2D eigenvalue weighted by Gasteiger charge is -2.23. The van der Waals surface area contributed by atoms with Crippen LogP contribution in [0.3, 0.4) is 0 Å². The molecule has 0 aliphatic carbocycles. The molecule has 3 atom stereocenters. The standard InChI is InChI=1S/C30H37N7O7/c1-17(32-29(42)44-30(3,4)5)25(38)33-22(16-19-12-8-7-9-13-19)26(39)37-36-24-21-15-11-10-14-20(21)23(34-24)35-28(41)31-18(2)27(40)43-6/h7-15,17-18,22,34H,16H2,1-6H3,(H,32,42)(H,33,38)(H2,31,35,41)/t17-,18-,22-/m0/s1. The Bertz CT molecular complexity index is 1530. The van der Waals surface area contributed by atoms with Gasteiger partial charge in [-0.2, -0.15) is 0 Å². The highest BCUT2D eigenvalue weighted by atomic mass is 16.6. The van der Waals surface area contributed by atoms with E-state index in [0.29, 0.717) is 10.8 Å². The number of esters is 1. The van der Waals surface area contributed by atoms with Crippen molar-refractivity contribution in [2.45, 2.75) is 64.8 Å². The number of amides is 5.